The van der Waals surface area contributed by atoms with E-state index in [1.54, 1.807) is 0 Å². The summed E-state index contributed by atoms with van der Waals surface area (Å²) in [6.45, 7) is 0.836. The second-order valence-corrected chi connectivity index (χ2v) is 12.6. The number of fused-ring (bicyclic) bond motifs is 6. The van der Waals surface area contributed by atoms with E-state index in [0.717, 1.165) is 62.5 Å². The molecule has 0 spiro atoms. The number of aromatic nitrogens is 5. The van der Waals surface area contributed by atoms with Crippen molar-refractivity contribution < 1.29 is 0 Å². The lowest BCUT2D eigenvalue weighted by Gasteiger charge is -2.13. The highest BCUT2D eigenvalue weighted by Crippen LogP contribution is 2.34. The average Bonchev–Trinajstić information content (AvgIpc) is 3.71. The molecule has 0 fully saturated rings. The van der Waals surface area contributed by atoms with E-state index in [-0.39, 0.29) is 0 Å². The lowest BCUT2D eigenvalue weighted by atomic mass is 10.1. The van der Waals surface area contributed by atoms with Crippen LogP contribution in [0.3, 0.4) is 0 Å². The molecule has 236 valence electrons. The van der Waals surface area contributed by atoms with Crippen molar-refractivity contribution in [2.75, 3.05) is 0 Å². The van der Waals surface area contributed by atoms with E-state index >= 15 is 0 Å². The SMILES string of the molecule is C1=Cc2c(c3ccccc3n2-c2ccc(-c3ccc(-c4ccc(-c5ccc(-n6c7ccccc7c7cnccc76)cc5)cn4)nc3)cc2)CN1. The second-order valence-electron chi connectivity index (χ2n) is 12.6. The first-order valence-electron chi connectivity index (χ1n) is 16.8. The fourth-order valence-corrected chi connectivity index (χ4v) is 7.40. The van der Waals surface area contributed by atoms with Crippen LogP contribution >= 0.6 is 0 Å². The van der Waals surface area contributed by atoms with Gasteiger partial charge in [0.25, 0.3) is 0 Å². The van der Waals surface area contributed by atoms with Crippen LogP contribution < -0.4 is 5.32 Å². The van der Waals surface area contributed by atoms with Crippen LogP contribution in [0.2, 0.25) is 0 Å². The maximum Gasteiger partial charge on any atom is 0.0886 e. The molecule has 5 aromatic heterocycles. The highest BCUT2D eigenvalue weighted by Gasteiger charge is 2.18. The number of rotatable bonds is 5. The summed E-state index contributed by atoms with van der Waals surface area (Å²) in [7, 11) is 0. The largest absolute Gasteiger partial charge is 0.387 e. The molecule has 0 aliphatic carbocycles. The Morgan fingerprint density at radius 3 is 1.68 bits per heavy atom. The van der Waals surface area contributed by atoms with E-state index in [0.29, 0.717) is 0 Å². The third-order valence-electron chi connectivity index (χ3n) is 9.84. The molecule has 0 amide bonds. The lowest BCUT2D eigenvalue weighted by molar-refractivity contribution is 0.855. The zero-order valence-electron chi connectivity index (χ0n) is 27.0. The van der Waals surface area contributed by atoms with Gasteiger partial charge in [-0.2, -0.15) is 0 Å². The maximum absolute atomic E-state index is 4.80. The summed E-state index contributed by atoms with van der Waals surface area (Å²) in [6.07, 6.45) is 11.9. The van der Waals surface area contributed by atoms with Gasteiger partial charge in [-0.1, -0.05) is 72.8 Å². The Balaban J connectivity index is 0.888. The number of benzene rings is 4. The van der Waals surface area contributed by atoms with Gasteiger partial charge in [-0.05, 0) is 78.0 Å². The fraction of sp³-hybridized carbons (Fsp3) is 0.0227. The molecule has 1 aliphatic rings. The van der Waals surface area contributed by atoms with Crippen LogP contribution in [0.1, 0.15) is 11.3 Å². The molecule has 50 heavy (non-hydrogen) atoms. The minimum atomic E-state index is 0.836. The molecule has 9 aromatic rings. The van der Waals surface area contributed by atoms with Gasteiger partial charge < -0.3 is 14.5 Å². The van der Waals surface area contributed by atoms with E-state index < -0.39 is 0 Å². The molecule has 1 N–H and O–H groups in total. The van der Waals surface area contributed by atoms with Crippen molar-refractivity contribution in [1.82, 2.24) is 29.4 Å². The molecule has 0 bridgehead atoms. The molecule has 6 nitrogen and oxygen atoms in total. The molecular weight excluding hydrogens is 613 g/mol. The van der Waals surface area contributed by atoms with Crippen molar-refractivity contribution in [2.24, 2.45) is 0 Å². The van der Waals surface area contributed by atoms with Gasteiger partial charge in [0.15, 0.2) is 0 Å². The first kappa shape index (κ1) is 28.2. The second kappa shape index (κ2) is 11.4. The van der Waals surface area contributed by atoms with Gasteiger partial charge in [0.2, 0.25) is 0 Å². The number of hydrogen-bond acceptors (Lipinski definition) is 4. The summed E-state index contributed by atoms with van der Waals surface area (Å²) in [6, 6.07) is 44.9. The van der Waals surface area contributed by atoms with Crippen molar-refractivity contribution >= 4 is 38.8 Å². The van der Waals surface area contributed by atoms with Gasteiger partial charge in [-0.15, -0.1) is 0 Å². The first-order valence-corrected chi connectivity index (χ1v) is 16.8. The van der Waals surface area contributed by atoms with E-state index in [1.807, 2.05) is 37.1 Å². The summed E-state index contributed by atoms with van der Waals surface area (Å²) >= 11 is 0. The van der Waals surface area contributed by atoms with E-state index in [9.17, 15) is 0 Å². The maximum atomic E-state index is 4.80. The molecule has 6 heterocycles. The van der Waals surface area contributed by atoms with Crippen molar-refractivity contribution in [3.63, 3.8) is 0 Å². The van der Waals surface area contributed by atoms with Crippen molar-refractivity contribution in [2.45, 2.75) is 6.54 Å². The Hall–Kier alpha value is -6.79. The zero-order valence-corrected chi connectivity index (χ0v) is 27.0. The molecule has 0 radical (unpaired) electrons. The number of nitrogens with zero attached hydrogens (tertiary/aromatic N) is 5. The molecule has 0 saturated heterocycles. The van der Waals surface area contributed by atoms with E-state index in [1.165, 1.54) is 33.1 Å². The van der Waals surface area contributed by atoms with Crippen LogP contribution in [0.15, 0.2) is 158 Å². The van der Waals surface area contributed by atoms with E-state index in [4.69, 9.17) is 9.97 Å². The Morgan fingerprint density at radius 2 is 1.04 bits per heavy atom. The average molecular weight is 643 g/mol. The van der Waals surface area contributed by atoms with Gasteiger partial charge in [0.05, 0.1) is 33.6 Å². The minimum absolute atomic E-state index is 0.836. The van der Waals surface area contributed by atoms with Gasteiger partial charge in [0.1, 0.15) is 0 Å². The summed E-state index contributed by atoms with van der Waals surface area (Å²) < 4.78 is 4.65. The summed E-state index contributed by atoms with van der Waals surface area (Å²) in [5.41, 5.74) is 14.4. The number of pyridine rings is 3. The quantitative estimate of drug-likeness (QED) is 0.203. The third-order valence-corrected chi connectivity index (χ3v) is 9.84. The number of para-hydroxylation sites is 2. The molecule has 0 saturated carbocycles. The predicted molar refractivity (Wildman–Crippen MR) is 203 cm³/mol. The van der Waals surface area contributed by atoms with Gasteiger partial charge in [-0.25, -0.2) is 0 Å². The predicted octanol–water partition coefficient (Wildman–Crippen LogP) is 9.99. The third kappa shape index (κ3) is 4.54. The molecule has 0 atom stereocenters. The zero-order chi connectivity index (χ0) is 33.0. The topological polar surface area (TPSA) is 60.6 Å². The monoisotopic (exact) mass is 642 g/mol. The highest BCUT2D eigenvalue weighted by molar-refractivity contribution is 6.08. The number of hydrogen-bond donors (Lipinski definition) is 1. The molecular formula is C44H30N6. The smallest absolute Gasteiger partial charge is 0.0886 e. The van der Waals surface area contributed by atoms with Crippen LogP contribution in [0.25, 0.3) is 83.8 Å². The van der Waals surface area contributed by atoms with Crippen LogP contribution in [-0.4, -0.2) is 24.1 Å². The summed E-state index contributed by atoms with van der Waals surface area (Å²) in [5.74, 6) is 0. The van der Waals surface area contributed by atoms with E-state index in [2.05, 4.69) is 147 Å². The van der Waals surface area contributed by atoms with Crippen molar-refractivity contribution in [3.05, 3.63) is 170 Å². The van der Waals surface area contributed by atoms with Crippen LogP contribution in [0.4, 0.5) is 0 Å². The summed E-state index contributed by atoms with van der Waals surface area (Å²) in [4.78, 5) is 14.0. The Labute approximate surface area is 288 Å². The Morgan fingerprint density at radius 1 is 0.480 bits per heavy atom. The fourth-order valence-electron chi connectivity index (χ4n) is 7.40. The Bertz CT molecular complexity index is 2660. The van der Waals surface area contributed by atoms with Gasteiger partial charge in [-0.3, -0.25) is 15.0 Å². The van der Waals surface area contributed by atoms with Crippen LogP contribution in [0.5, 0.6) is 0 Å². The first-order chi connectivity index (χ1) is 24.8. The minimum Gasteiger partial charge on any atom is -0.387 e. The van der Waals surface area contributed by atoms with Crippen LogP contribution in [-0.2, 0) is 6.54 Å². The summed E-state index contributed by atoms with van der Waals surface area (Å²) in [5, 5.41) is 7.01. The van der Waals surface area contributed by atoms with Gasteiger partial charge >= 0.3 is 0 Å². The van der Waals surface area contributed by atoms with Crippen molar-refractivity contribution in [3.8, 4) is 45.0 Å². The van der Waals surface area contributed by atoms with Crippen LogP contribution in [0, 0.1) is 0 Å². The molecule has 1 aliphatic heterocycles. The standard InChI is InChI=1S/C44H30N6/c1-3-7-41-35(5-1)37-27-45-23-21-43(37)49(41)33-15-9-29(10-16-33)31-13-19-39(47-25-31)40-20-14-32(26-48-40)30-11-17-34(18-12-30)50-42-8-4-2-6-36(42)38-28-46-24-22-44(38)50/h1-27,46H,28H2. The lowest BCUT2D eigenvalue weighted by Crippen LogP contribution is -2.10. The molecule has 10 rings (SSSR count). The Kier molecular flexibility index (Phi) is 6.45. The molecule has 0 unspecified atom stereocenters. The normalized spacial score (nSPS) is 12.4. The number of nitrogens with one attached hydrogen (secondary N) is 1. The molecule has 6 heteroatoms. The van der Waals surface area contributed by atoms with Crippen molar-refractivity contribution in [1.29, 1.82) is 0 Å². The van der Waals surface area contributed by atoms with Gasteiger partial charge in [0, 0.05) is 75.6 Å². The highest BCUT2D eigenvalue weighted by atomic mass is 15.0. The molecule has 4 aromatic carbocycles.